The molecule has 0 amide bonds. The summed E-state index contributed by atoms with van der Waals surface area (Å²) in [5.41, 5.74) is 5.10. The predicted octanol–water partition coefficient (Wildman–Crippen LogP) is 1.09. The van der Waals surface area contributed by atoms with E-state index in [4.69, 9.17) is 4.74 Å². The van der Waals surface area contributed by atoms with Crippen molar-refractivity contribution in [1.29, 1.82) is 0 Å². The number of hydrogen-bond acceptors (Lipinski definition) is 7. The second-order valence-corrected chi connectivity index (χ2v) is 6.48. The number of anilines is 2. The molecule has 3 heterocycles. The highest BCUT2D eigenvalue weighted by Crippen LogP contribution is 2.18. The van der Waals surface area contributed by atoms with Crippen LogP contribution < -0.4 is 16.0 Å². The molecule has 0 saturated carbocycles. The van der Waals surface area contributed by atoms with Crippen molar-refractivity contribution in [2.75, 3.05) is 36.6 Å². The molecule has 1 aliphatic rings. The van der Waals surface area contributed by atoms with E-state index in [-0.39, 0.29) is 17.5 Å². The largest absolute Gasteiger partial charge is 0.378 e. The van der Waals surface area contributed by atoms with E-state index in [9.17, 15) is 9.18 Å². The Hall–Kier alpha value is -3.27. The molecule has 2 aromatic heterocycles. The van der Waals surface area contributed by atoms with E-state index >= 15 is 0 Å². The van der Waals surface area contributed by atoms with Gasteiger partial charge in [-0.1, -0.05) is 6.07 Å². The first kappa shape index (κ1) is 18.1. The average Bonchev–Trinajstić information content (AvgIpc) is 2.94. The Kier molecular flexibility index (Phi) is 4.78. The summed E-state index contributed by atoms with van der Waals surface area (Å²) in [4.78, 5) is 22.0. The summed E-state index contributed by atoms with van der Waals surface area (Å²) >= 11 is 0. The van der Waals surface area contributed by atoms with Crippen LogP contribution in [0.4, 0.5) is 16.2 Å². The fourth-order valence-corrected chi connectivity index (χ4v) is 3.18. The second-order valence-electron chi connectivity index (χ2n) is 6.48. The molecule has 1 aromatic carbocycles. The van der Waals surface area contributed by atoms with Gasteiger partial charge in [0, 0.05) is 27.2 Å². The number of imidazole rings is 1. The van der Waals surface area contributed by atoms with Gasteiger partial charge in [0.05, 0.1) is 36.7 Å². The van der Waals surface area contributed by atoms with Gasteiger partial charge in [-0.05, 0) is 17.7 Å². The highest BCUT2D eigenvalue weighted by Gasteiger charge is 2.17. The highest BCUT2D eigenvalue weighted by molar-refractivity contribution is 5.87. The molecule has 146 valence electrons. The third-order valence-corrected chi connectivity index (χ3v) is 4.71. The van der Waals surface area contributed by atoms with E-state index in [2.05, 4.69) is 20.5 Å². The maximum Gasteiger partial charge on any atom is 0.328 e. The van der Waals surface area contributed by atoms with Gasteiger partial charge in [0.2, 0.25) is 5.95 Å². The smallest absolute Gasteiger partial charge is 0.328 e. The Balaban J connectivity index is 1.52. The molecular formula is C18H20FN7O2. The summed E-state index contributed by atoms with van der Waals surface area (Å²) < 4.78 is 22.5. The van der Waals surface area contributed by atoms with Crippen molar-refractivity contribution in [3.05, 3.63) is 46.3 Å². The van der Waals surface area contributed by atoms with Crippen molar-refractivity contribution < 1.29 is 9.13 Å². The van der Waals surface area contributed by atoms with E-state index in [0.29, 0.717) is 26.3 Å². The zero-order valence-electron chi connectivity index (χ0n) is 15.6. The normalized spacial score (nSPS) is 14.9. The summed E-state index contributed by atoms with van der Waals surface area (Å²) in [6.45, 7) is 2.22. The number of nitrogens with zero attached hydrogens (tertiary/aromatic N) is 6. The van der Waals surface area contributed by atoms with E-state index in [1.807, 2.05) is 23.1 Å². The lowest BCUT2D eigenvalue weighted by Gasteiger charge is -2.27. The summed E-state index contributed by atoms with van der Waals surface area (Å²) in [5, 5.41) is 4.13. The van der Waals surface area contributed by atoms with Gasteiger partial charge in [-0.15, -0.1) is 0 Å². The molecule has 0 bridgehead atoms. The molecule has 1 fully saturated rings. The van der Waals surface area contributed by atoms with Gasteiger partial charge in [0.1, 0.15) is 0 Å². The minimum absolute atomic E-state index is 0.0856. The zero-order valence-corrected chi connectivity index (χ0v) is 15.6. The van der Waals surface area contributed by atoms with Crippen molar-refractivity contribution in [3.8, 4) is 0 Å². The number of benzene rings is 1. The van der Waals surface area contributed by atoms with E-state index in [1.54, 1.807) is 29.4 Å². The topological polar surface area (TPSA) is 89.6 Å². The van der Waals surface area contributed by atoms with Gasteiger partial charge in [-0.25, -0.2) is 19.6 Å². The molecular weight excluding hydrogens is 365 g/mol. The van der Waals surface area contributed by atoms with Gasteiger partial charge in [0.15, 0.2) is 11.6 Å². The third-order valence-electron chi connectivity index (χ3n) is 4.71. The van der Waals surface area contributed by atoms with Crippen LogP contribution in [0.15, 0.2) is 34.3 Å². The molecule has 0 unspecified atom stereocenters. The first-order valence-corrected chi connectivity index (χ1v) is 8.84. The Labute approximate surface area is 160 Å². The molecule has 10 heteroatoms. The van der Waals surface area contributed by atoms with Crippen LogP contribution in [0.25, 0.3) is 11.0 Å². The van der Waals surface area contributed by atoms with Crippen LogP contribution in [0, 0.1) is 5.82 Å². The van der Waals surface area contributed by atoms with Gasteiger partial charge >= 0.3 is 5.69 Å². The van der Waals surface area contributed by atoms with E-state index in [0.717, 1.165) is 22.8 Å². The number of nitrogens with one attached hydrogen (secondary N) is 1. The predicted molar refractivity (Wildman–Crippen MR) is 104 cm³/mol. The fraction of sp³-hybridized carbons (Fsp3) is 0.333. The van der Waals surface area contributed by atoms with Crippen LogP contribution in [-0.4, -0.2) is 51.6 Å². The first-order valence-electron chi connectivity index (χ1n) is 8.84. The molecule has 0 aliphatic carbocycles. The van der Waals surface area contributed by atoms with Crippen molar-refractivity contribution in [1.82, 2.24) is 19.1 Å². The molecule has 9 nitrogen and oxygen atoms in total. The third kappa shape index (κ3) is 3.33. The van der Waals surface area contributed by atoms with Crippen molar-refractivity contribution in [2.45, 2.75) is 0 Å². The van der Waals surface area contributed by atoms with Crippen molar-refractivity contribution in [3.63, 3.8) is 0 Å². The number of rotatable bonds is 4. The number of halogens is 1. The minimum atomic E-state index is -0.480. The van der Waals surface area contributed by atoms with Crippen LogP contribution >= 0.6 is 0 Å². The SMILES string of the molecule is Cn1c(=O)n(C)c2cc(C=NNc3ncc(F)c(N4CCOCC4)n3)ccc21. The lowest BCUT2D eigenvalue weighted by atomic mass is 10.2. The van der Waals surface area contributed by atoms with Crippen LogP contribution in [0.5, 0.6) is 0 Å². The molecule has 1 aliphatic heterocycles. The molecule has 1 N–H and O–H groups in total. The molecule has 3 aromatic rings. The summed E-state index contributed by atoms with van der Waals surface area (Å²) in [5.74, 6) is -0.0455. The molecule has 0 spiro atoms. The maximum atomic E-state index is 14.1. The monoisotopic (exact) mass is 385 g/mol. The average molecular weight is 385 g/mol. The first-order chi connectivity index (χ1) is 13.5. The number of fused-ring (bicyclic) bond motifs is 1. The quantitative estimate of drug-likeness (QED) is 0.534. The highest BCUT2D eigenvalue weighted by atomic mass is 19.1. The second kappa shape index (κ2) is 7.39. The number of ether oxygens (including phenoxy) is 1. The summed E-state index contributed by atoms with van der Waals surface area (Å²) in [6, 6.07) is 5.59. The Morgan fingerprint density at radius 3 is 2.75 bits per heavy atom. The van der Waals surface area contributed by atoms with Crippen molar-refractivity contribution in [2.24, 2.45) is 19.2 Å². The van der Waals surface area contributed by atoms with Crippen LogP contribution in [0.1, 0.15) is 5.56 Å². The van der Waals surface area contributed by atoms with Crippen LogP contribution in [-0.2, 0) is 18.8 Å². The molecule has 4 rings (SSSR count). The standard InChI is InChI=1S/C18H20FN7O2/c1-24-14-4-3-12(9-15(14)25(2)18(24)27)10-21-23-17-20-11-13(19)16(22-17)26-5-7-28-8-6-26/h3-4,9-11H,5-8H2,1-2H3,(H,20,22,23). The van der Waals surface area contributed by atoms with Crippen LogP contribution in [0.3, 0.4) is 0 Å². The van der Waals surface area contributed by atoms with E-state index in [1.165, 1.54) is 0 Å². The Bertz CT molecular complexity index is 1100. The number of aryl methyl sites for hydroxylation is 2. The molecule has 28 heavy (non-hydrogen) atoms. The van der Waals surface area contributed by atoms with Crippen LogP contribution in [0.2, 0.25) is 0 Å². The fourth-order valence-electron chi connectivity index (χ4n) is 3.18. The number of hydrazone groups is 1. The van der Waals surface area contributed by atoms with Gasteiger partial charge < -0.3 is 9.64 Å². The van der Waals surface area contributed by atoms with E-state index < -0.39 is 5.82 Å². The van der Waals surface area contributed by atoms with Gasteiger partial charge in [-0.2, -0.15) is 10.1 Å². The molecule has 0 radical (unpaired) electrons. The lowest BCUT2D eigenvalue weighted by Crippen LogP contribution is -2.37. The van der Waals surface area contributed by atoms with Gasteiger partial charge in [-0.3, -0.25) is 9.13 Å². The number of hydrogen-bond donors (Lipinski definition) is 1. The lowest BCUT2D eigenvalue weighted by molar-refractivity contribution is 0.122. The molecule has 0 atom stereocenters. The number of aromatic nitrogens is 4. The number of morpholine rings is 1. The summed E-state index contributed by atoms with van der Waals surface area (Å²) in [7, 11) is 3.46. The minimum Gasteiger partial charge on any atom is -0.378 e. The maximum absolute atomic E-state index is 14.1. The zero-order chi connectivity index (χ0) is 19.7. The van der Waals surface area contributed by atoms with Gasteiger partial charge in [0.25, 0.3) is 0 Å². The molecule has 1 saturated heterocycles. The Morgan fingerprint density at radius 1 is 1.21 bits per heavy atom. The summed E-state index contributed by atoms with van der Waals surface area (Å²) in [6.07, 6.45) is 2.72. The van der Waals surface area contributed by atoms with Crippen molar-refractivity contribution >= 4 is 29.0 Å². The Morgan fingerprint density at radius 2 is 1.96 bits per heavy atom.